The molecule has 1 aromatic carbocycles. The second-order valence-electron chi connectivity index (χ2n) is 8.43. The fourth-order valence-electron chi connectivity index (χ4n) is 5.10. The number of ether oxygens (including phenoxy) is 2. The van der Waals surface area contributed by atoms with Crippen LogP contribution in [0.3, 0.4) is 0 Å². The van der Waals surface area contributed by atoms with Crippen molar-refractivity contribution in [2.75, 3.05) is 13.2 Å². The molecule has 4 N–H and O–H groups in total. The van der Waals surface area contributed by atoms with Crippen molar-refractivity contribution in [3.8, 4) is 0 Å². The maximum Gasteiger partial charge on any atom is 0.307 e. The van der Waals surface area contributed by atoms with Crippen molar-refractivity contribution in [1.82, 2.24) is 0 Å². The summed E-state index contributed by atoms with van der Waals surface area (Å²) in [5.41, 5.74) is -1.45. The molecule has 2 aliphatic rings. The number of rotatable bonds is 9. The van der Waals surface area contributed by atoms with Crippen molar-refractivity contribution < 1.29 is 49.1 Å². The second-order valence-corrected chi connectivity index (χ2v) is 8.43. The lowest BCUT2D eigenvalue weighted by Gasteiger charge is -2.61. The molecule has 1 saturated carbocycles. The highest BCUT2D eigenvalue weighted by molar-refractivity contribution is 5.83. The first-order valence-electron chi connectivity index (χ1n) is 9.76. The van der Waals surface area contributed by atoms with Gasteiger partial charge in [-0.05, 0) is 18.3 Å². The molecule has 1 aromatic rings. The zero-order chi connectivity index (χ0) is 22.8. The van der Waals surface area contributed by atoms with Crippen molar-refractivity contribution >= 4 is 23.9 Å². The number of benzene rings is 1. The minimum Gasteiger partial charge on any atom is -0.481 e. The van der Waals surface area contributed by atoms with Crippen LogP contribution in [0.4, 0.5) is 0 Å². The predicted molar refractivity (Wildman–Crippen MR) is 102 cm³/mol. The molecular weight excluding hydrogens is 412 g/mol. The number of carboxylic acid groups (broad SMARTS) is 4. The summed E-state index contributed by atoms with van der Waals surface area (Å²) in [6.07, 6.45) is -2.26. The molecule has 168 valence electrons. The van der Waals surface area contributed by atoms with Gasteiger partial charge in [-0.3, -0.25) is 19.2 Å². The maximum absolute atomic E-state index is 11.9. The summed E-state index contributed by atoms with van der Waals surface area (Å²) in [5, 5.41) is 37.8. The second kappa shape index (κ2) is 8.64. The number of aliphatic carboxylic acids is 4. The third-order valence-corrected chi connectivity index (χ3v) is 6.30. The van der Waals surface area contributed by atoms with Crippen molar-refractivity contribution in [2.24, 2.45) is 22.7 Å². The molecule has 0 radical (unpaired) electrons. The first-order valence-corrected chi connectivity index (χ1v) is 9.76. The first kappa shape index (κ1) is 22.7. The lowest BCUT2D eigenvalue weighted by molar-refractivity contribution is -0.286. The van der Waals surface area contributed by atoms with Gasteiger partial charge in [-0.15, -0.1) is 0 Å². The number of carbonyl (C=O) groups is 4. The van der Waals surface area contributed by atoms with Gasteiger partial charge in [0.15, 0.2) is 6.29 Å². The number of carboxylic acids is 4. The average molecular weight is 436 g/mol. The Balaban J connectivity index is 1.85. The lowest BCUT2D eigenvalue weighted by Crippen LogP contribution is -2.62. The molecule has 0 amide bonds. The van der Waals surface area contributed by atoms with Crippen LogP contribution in [0.2, 0.25) is 0 Å². The van der Waals surface area contributed by atoms with E-state index in [2.05, 4.69) is 0 Å². The van der Waals surface area contributed by atoms with E-state index in [4.69, 9.17) is 9.47 Å². The third-order valence-electron chi connectivity index (χ3n) is 6.30. The summed E-state index contributed by atoms with van der Waals surface area (Å²) in [5.74, 6) is -8.83. The standard InChI is InChI=1S/C21H24O10/c22-15(23)6-13(17(26)27)21(14(18(28)29)7-16(24)25)8-20(9-21)10-30-19(31-11-20)12-4-2-1-3-5-12/h1-5,13-14,19H,6-11H2,(H,22,23)(H,24,25)(H,26,27)(H,28,29). The molecule has 1 saturated heterocycles. The van der Waals surface area contributed by atoms with Crippen LogP contribution in [0.1, 0.15) is 37.5 Å². The molecule has 2 unspecified atom stereocenters. The molecule has 3 rings (SSSR count). The SMILES string of the molecule is O=C(O)CC(C(=O)O)C1(C(CC(=O)O)C(=O)O)CC2(COC(c3ccccc3)OC2)C1. The van der Waals surface area contributed by atoms with E-state index in [1.54, 1.807) is 0 Å². The molecule has 2 atom stereocenters. The Hall–Kier alpha value is -2.98. The van der Waals surface area contributed by atoms with E-state index in [9.17, 15) is 39.6 Å². The van der Waals surface area contributed by atoms with E-state index >= 15 is 0 Å². The van der Waals surface area contributed by atoms with Gasteiger partial charge in [0.05, 0.1) is 37.9 Å². The molecule has 0 bridgehead atoms. The highest BCUT2D eigenvalue weighted by Gasteiger charge is 2.66. The molecule has 1 heterocycles. The van der Waals surface area contributed by atoms with E-state index in [0.29, 0.717) is 0 Å². The van der Waals surface area contributed by atoms with Crippen molar-refractivity contribution in [2.45, 2.75) is 32.0 Å². The van der Waals surface area contributed by atoms with Gasteiger partial charge in [0.2, 0.25) is 0 Å². The van der Waals surface area contributed by atoms with Gasteiger partial charge < -0.3 is 29.9 Å². The van der Waals surface area contributed by atoms with Crippen LogP contribution in [0.15, 0.2) is 30.3 Å². The number of hydrogen-bond acceptors (Lipinski definition) is 6. The minimum absolute atomic E-state index is 0.0179. The monoisotopic (exact) mass is 436 g/mol. The Morgan fingerprint density at radius 2 is 1.29 bits per heavy atom. The first-order chi connectivity index (χ1) is 14.6. The Labute approximate surface area is 177 Å². The third kappa shape index (κ3) is 4.54. The van der Waals surface area contributed by atoms with Crippen molar-refractivity contribution in [3.63, 3.8) is 0 Å². The minimum atomic E-state index is -1.55. The lowest BCUT2D eigenvalue weighted by atomic mass is 9.43. The van der Waals surface area contributed by atoms with E-state index in [1.165, 1.54) is 0 Å². The fourth-order valence-corrected chi connectivity index (χ4v) is 5.10. The Morgan fingerprint density at radius 3 is 1.68 bits per heavy atom. The summed E-state index contributed by atoms with van der Waals surface area (Å²) in [6.45, 7) is 0.320. The fraction of sp³-hybridized carbons (Fsp3) is 0.524. The zero-order valence-corrected chi connectivity index (χ0v) is 16.6. The van der Waals surface area contributed by atoms with E-state index in [-0.39, 0.29) is 26.1 Å². The number of hydrogen-bond donors (Lipinski definition) is 4. The van der Waals surface area contributed by atoms with Crippen molar-refractivity contribution in [3.05, 3.63) is 35.9 Å². The highest BCUT2D eigenvalue weighted by atomic mass is 16.7. The van der Waals surface area contributed by atoms with Crippen LogP contribution in [-0.2, 0) is 28.7 Å². The Morgan fingerprint density at radius 1 is 0.839 bits per heavy atom. The zero-order valence-electron chi connectivity index (χ0n) is 16.6. The smallest absolute Gasteiger partial charge is 0.307 e. The van der Waals surface area contributed by atoms with Gasteiger partial charge in [0.25, 0.3) is 0 Å². The normalized spacial score (nSPS) is 29.5. The largest absolute Gasteiger partial charge is 0.481 e. The van der Waals surface area contributed by atoms with E-state index < -0.39 is 65.7 Å². The molecule has 10 nitrogen and oxygen atoms in total. The van der Waals surface area contributed by atoms with Gasteiger partial charge in [0, 0.05) is 11.0 Å². The van der Waals surface area contributed by atoms with Gasteiger partial charge in [-0.1, -0.05) is 30.3 Å². The molecule has 1 aliphatic heterocycles. The summed E-state index contributed by atoms with van der Waals surface area (Å²) in [7, 11) is 0. The molecule has 1 spiro atoms. The molecule has 1 aliphatic carbocycles. The van der Waals surface area contributed by atoms with Crippen LogP contribution in [0.5, 0.6) is 0 Å². The summed E-state index contributed by atoms with van der Waals surface area (Å²) >= 11 is 0. The topological polar surface area (TPSA) is 168 Å². The van der Waals surface area contributed by atoms with Crippen LogP contribution < -0.4 is 0 Å². The van der Waals surface area contributed by atoms with E-state index in [1.807, 2.05) is 30.3 Å². The molecular formula is C21H24O10. The summed E-state index contributed by atoms with van der Waals surface area (Å²) in [6, 6.07) is 9.15. The van der Waals surface area contributed by atoms with E-state index in [0.717, 1.165) is 5.56 Å². The molecule has 31 heavy (non-hydrogen) atoms. The molecule has 0 aromatic heterocycles. The van der Waals surface area contributed by atoms with Gasteiger partial charge >= 0.3 is 23.9 Å². The van der Waals surface area contributed by atoms with Crippen molar-refractivity contribution in [1.29, 1.82) is 0 Å². The van der Waals surface area contributed by atoms with Crippen LogP contribution in [0.25, 0.3) is 0 Å². The van der Waals surface area contributed by atoms with Gasteiger partial charge in [-0.2, -0.15) is 0 Å². The Bertz CT molecular complexity index is 812. The quantitative estimate of drug-likeness (QED) is 0.448. The van der Waals surface area contributed by atoms with Crippen LogP contribution in [0, 0.1) is 22.7 Å². The van der Waals surface area contributed by atoms with Crippen LogP contribution >= 0.6 is 0 Å². The average Bonchev–Trinajstić information content (AvgIpc) is 2.69. The Kier molecular flexibility index (Phi) is 6.33. The predicted octanol–water partition coefficient (Wildman–Crippen LogP) is 1.85. The van der Waals surface area contributed by atoms with Gasteiger partial charge in [0.1, 0.15) is 0 Å². The summed E-state index contributed by atoms with van der Waals surface area (Å²) in [4.78, 5) is 46.5. The molecule has 10 heteroatoms. The molecule has 2 fully saturated rings. The highest BCUT2D eigenvalue weighted by Crippen LogP contribution is 2.65. The summed E-state index contributed by atoms with van der Waals surface area (Å²) < 4.78 is 11.6. The maximum atomic E-state index is 11.9. The van der Waals surface area contributed by atoms with Crippen LogP contribution in [-0.4, -0.2) is 57.5 Å². The van der Waals surface area contributed by atoms with Gasteiger partial charge in [-0.25, -0.2) is 0 Å².